The van der Waals surface area contributed by atoms with Crippen molar-refractivity contribution in [2.75, 3.05) is 5.32 Å². The minimum absolute atomic E-state index is 0.104. The third-order valence-corrected chi connectivity index (χ3v) is 4.41. The normalized spacial score (nSPS) is 11.1. The first-order valence-corrected chi connectivity index (χ1v) is 8.93. The molecule has 0 bridgehead atoms. The molecule has 0 aliphatic heterocycles. The highest BCUT2D eigenvalue weighted by Gasteiger charge is 2.22. The molecule has 1 aromatic carbocycles. The number of aliphatic hydroxyl groups excluding tert-OH is 1. The van der Waals surface area contributed by atoms with Crippen LogP contribution < -0.4 is 5.32 Å². The molecule has 3 aromatic heterocycles. The Morgan fingerprint density at radius 1 is 1.17 bits per heavy atom. The summed E-state index contributed by atoms with van der Waals surface area (Å²) >= 11 is 0. The smallest absolute Gasteiger partial charge is 0.284 e. The summed E-state index contributed by atoms with van der Waals surface area (Å²) in [6, 6.07) is 11.5. The van der Waals surface area contributed by atoms with Gasteiger partial charge < -0.3 is 14.8 Å². The quantitative estimate of drug-likeness (QED) is 0.497. The Hall–Kier alpha value is -3.85. The van der Waals surface area contributed by atoms with E-state index < -0.39 is 18.0 Å². The number of carbonyl (C=O) groups excluding carboxylic acids is 1. The molecule has 0 atom stereocenters. The van der Waals surface area contributed by atoms with Gasteiger partial charge in [0, 0.05) is 18.0 Å². The highest BCUT2D eigenvalue weighted by molar-refractivity contribution is 6.05. The molecule has 4 rings (SSSR count). The van der Waals surface area contributed by atoms with Gasteiger partial charge in [-0.15, -0.1) is 0 Å². The van der Waals surface area contributed by atoms with E-state index in [9.17, 15) is 13.6 Å². The molecule has 2 N–H and O–H groups in total. The molecular weight excluding hydrogens is 394 g/mol. The average Bonchev–Trinajstić information content (AvgIpc) is 3.42. The topological polar surface area (TPSA) is 93.2 Å². The van der Waals surface area contributed by atoms with Crippen LogP contribution in [0.25, 0.3) is 17.0 Å². The van der Waals surface area contributed by atoms with Gasteiger partial charge in [0.15, 0.2) is 5.69 Å². The summed E-state index contributed by atoms with van der Waals surface area (Å²) in [5.41, 5.74) is 1.45. The van der Waals surface area contributed by atoms with Gasteiger partial charge in [-0.2, -0.15) is 5.10 Å². The lowest BCUT2D eigenvalue weighted by Crippen LogP contribution is -2.11. The summed E-state index contributed by atoms with van der Waals surface area (Å²) in [7, 11) is 0. The van der Waals surface area contributed by atoms with Crippen LogP contribution in [0.1, 0.15) is 28.0 Å². The van der Waals surface area contributed by atoms with Crippen LogP contribution >= 0.6 is 0 Å². The SMILES string of the molecule is O=C(Nc1cn(-c2ccc(CO)cc2)nc1C(F)F)c1coc(-c2ccncc2)c1. The molecule has 0 saturated carbocycles. The molecule has 0 unspecified atom stereocenters. The molecule has 4 aromatic rings. The van der Waals surface area contributed by atoms with Crippen molar-refractivity contribution < 1.29 is 23.1 Å². The van der Waals surface area contributed by atoms with E-state index in [0.29, 0.717) is 17.0 Å². The number of halogens is 2. The molecule has 0 aliphatic rings. The highest BCUT2D eigenvalue weighted by Crippen LogP contribution is 2.28. The van der Waals surface area contributed by atoms with Crippen LogP contribution in [0, 0.1) is 0 Å². The number of pyridine rings is 1. The van der Waals surface area contributed by atoms with Crippen LogP contribution in [0.4, 0.5) is 14.5 Å². The molecule has 0 radical (unpaired) electrons. The number of aliphatic hydroxyl groups is 1. The van der Waals surface area contributed by atoms with Crippen molar-refractivity contribution in [1.82, 2.24) is 14.8 Å². The Morgan fingerprint density at radius 2 is 1.90 bits per heavy atom. The van der Waals surface area contributed by atoms with Gasteiger partial charge in [-0.1, -0.05) is 12.1 Å². The molecule has 1 amide bonds. The monoisotopic (exact) mass is 410 g/mol. The predicted molar refractivity (Wildman–Crippen MR) is 104 cm³/mol. The van der Waals surface area contributed by atoms with Crippen LogP contribution in [0.2, 0.25) is 0 Å². The fourth-order valence-electron chi connectivity index (χ4n) is 2.85. The number of nitrogens with zero attached hydrogens (tertiary/aromatic N) is 3. The summed E-state index contributed by atoms with van der Waals surface area (Å²) in [5.74, 6) is -0.146. The van der Waals surface area contributed by atoms with Crippen molar-refractivity contribution in [3.05, 3.63) is 84.1 Å². The summed E-state index contributed by atoms with van der Waals surface area (Å²) in [5, 5.41) is 15.5. The van der Waals surface area contributed by atoms with Gasteiger partial charge in [0.05, 0.1) is 29.7 Å². The third kappa shape index (κ3) is 3.96. The molecule has 7 nitrogen and oxygen atoms in total. The van der Waals surface area contributed by atoms with Crippen LogP contribution in [0.3, 0.4) is 0 Å². The lowest BCUT2D eigenvalue weighted by molar-refractivity contribution is 0.102. The number of amides is 1. The van der Waals surface area contributed by atoms with E-state index in [1.165, 1.54) is 23.2 Å². The molecule has 3 heterocycles. The molecule has 0 spiro atoms. The van der Waals surface area contributed by atoms with Gasteiger partial charge in [0.2, 0.25) is 0 Å². The van der Waals surface area contributed by atoms with E-state index in [4.69, 9.17) is 9.52 Å². The van der Waals surface area contributed by atoms with Gasteiger partial charge >= 0.3 is 0 Å². The Labute approximate surface area is 169 Å². The number of benzene rings is 1. The minimum Gasteiger partial charge on any atom is -0.464 e. The second-order valence-corrected chi connectivity index (χ2v) is 6.39. The van der Waals surface area contributed by atoms with Gasteiger partial charge in [-0.25, -0.2) is 13.5 Å². The van der Waals surface area contributed by atoms with Crippen LogP contribution in [-0.4, -0.2) is 25.8 Å². The van der Waals surface area contributed by atoms with E-state index in [1.54, 1.807) is 48.8 Å². The van der Waals surface area contributed by atoms with Crippen molar-refractivity contribution in [3.8, 4) is 17.0 Å². The molecular formula is C21H16F2N4O3. The third-order valence-electron chi connectivity index (χ3n) is 4.41. The lowest BCUT2D eigenvalue weighted by atomic mass is 10.2. The predicted octanol–water partition coefficient (Wildman–Crippen LogP) is 4.21. The van der Waals surface area contributed by atoms with Crippen LogP contribution in [0.5, 0.6) is 0 Å². The fourth-order valence-corrected chi connectivity index (χ4v) is 2.85. The molecule has 0 fully saturated rings. The maximum absolute atomic E-state index is 13.5. The lowest BCUT2D eigenvalue weighted by Gasteiger charge is -2.02. The van der Waals surface area contributed by atoms with Crippen molar-refractivity contribution >= 4 is 11.6 Å². The maximum Gasteiger partial charge on any atom is 0.284 e. The number of hydrogen-bond donors (Lipinski definition) is 2. The molecule has 0 aliphatic carbocycles. The van der Waals surface area contributed by atoms with Gasteiger partial charge in [-0.3, -0.25) is 9.78 Å². The Morgan fingerprint density at radius 3 is 2.57 bits per heavy atom. The molecule has 0 saturated heterocycles. The number of aromatic nitrogens is 3. The standard InChI is InChI=1S/C21H16F2N4O3/c22-20(23)19-17(10-27(26-19)16-3-1-13(11-28)2-4-16)25-21(29)15-9-18(30-12-15)14-5-7-24-8-6-14/h1-10,12,20,28H,11H2,(H,25,29). The van der Waals surface area contributed by atoms with Crippen molar-refractivity contribution in [1.29, 1.82) is 0 Å². The van der Waals surface area contributed by atoms with Crippen LogP contribution in [-0.2, 0) is 6.61 Å². The zero-order valence-electron chi connectivity index (χ0n) is 15.5. The van der Waals surface area contributed by atoms with Crippen LogP contribution in [0.15, 0.2) is 71.7 Å². The fraction of sp³-hybridized carbons (Fsp3) is 0.0952. The maximum atomic E-state index is 13.5. The largest absolute Gasteiger partial charge is 0.464 e. The first-order valence-electron chi connectivity index (χ1n) is 8.93. The Balaban J connectivity index is 1.58. The average molecular weight is 410 g/mol. The first-order chi connectivity index (χ1) is 14.5. The Bertz CT molecular complexity index is 1150. The van der Waals surface area contributed by atoms with Crippen molar-refractivity contribution in [3.63, 3.8) is 0 Å². The highest BCUT2D eigenvalue weighted by atomic mass is 19.3. The number of carbonyl (C=O) groups is 1. The van der Waals surface area contributed by atoms with E-state index in [-0.39, 0.29) is 17.9 Å². The molecule has 152 valence electrons. The van der Waals surface area contributed by atoms with Crippen molar-refractivity contribution in [2.24, 2.45) is 0 Å². The summed E-state index contributed by atoms with van der Waals surface area (Å²) in [6.45, 7) is -0.130. The number of anilines is 1. The Kier molecular flexibility index (Phi) is 5.36. The van der Waals surface area contributed by atoms with Crippen molar-refractivity contribution in [2.45, 2.75) is 13.0 Å². The number of nitrogens with one attached hydrogen (secondary N) is 1. The second kappa shape index (κ2) is 8.26. The number of alkyl halides is 2. The zero-order chi connectivity index (χ0) is 21.1. The molecule has 9 heteroatoms. The molecule has 30 heavy (non-hydrogen) atoms. The minimum atomic E-state index is -2.88. The van der Waals surface area contributed by atoms with E-state index in [1.807, 2.05) is 0 Å². The summed E-state index contributed by atoms with van der Waals surface area (Å²) in [6.07, 6.45) is 2.87. The van der Waals surface area contributed by atoms with Gasteiger partial charge in [-0.05, 0) is 35.9 Å². The number of furan rings is 1. The van der Waals surface area contributed by atoms with Gasteiger partial charge in [0.1, 0.15) is 12.0 Å². The summed E-state index contributed by atoms with van der Waals surface area (Å²) in [4.78, 5) is 16.5. The zero-order valence-corrected chi connectivity index (χ0v) is 15.5. The van der Waals surface area contributed by atoms with Gasteiger partial charge in [0.25, 0.3) is 12.3 Å². The number of hydrogen-bond acceptors (Lipinski definition) is 5. The first kappa shape index (κ1) is 19.5. The van der Waals surface area contributed by atoms with E-state index in [2.05, 4.69) is 15.4 Å². The van der Waals surface area contributed by atoms with E-state index in [0.717, 1.165) is 5.56 Å². The number of rotatable bonds is 6. The second-order valence-electron chi connectivity index (χ2n) is 6.39. The summed E-state index contributed by atoms with van der Waals surface area (Å²) < 4.78 is 33.6. The van der Waals surface area contributed by atoms with E-state index >= 15 is 0 Å².